The number of amides is 4. The molecule has 0 saturated heterocycles. The molecule has 0 atom stereocenters. The molecule has 5 N–H and O–H groups in total. The number of nitrogens with one attached hydrogen (secondary N) is 5. The van der Waals surface area contributed by atoms with Crippen LogP contribution < -0.4 is 30.7 Å². The van der Waals surface area contributed by atoms with Gasteiger partial charge < -0.3 is 35.7 Å². The zero-order valence-electron chi connectivity index (χ0n) is 34.4. The summed E-state index contributed by atoms with van der Waals surface area (Å²) in [4.78, 5) is 69.0. The SMILES string of the molecule is Cc1ccc(NC(=O)CC(=O)Nc2ncc(Sc3ccccn3)s2)c(OCC(C)C)c1.Cc1ccc(NC(=O)CC(=O)Nc2ncc(Sc3ncc[nH]3)s2)c(OCC(C)C)c1. The van der Waals surface area contributed by atoms with Crippen molar-refractivity contribution in [1.29, 1.82) is 0 Å². The molecule has 2 aromatic carbocycles. The van der Waals surface area contributed by atoms with Gasteiger partial charge in [0.1, 0.15) is 29.4 Å². The van der Waals surface area contributed by atoms with Crippen LogP contribution in [0, 0.1) is 25.7 Å². The normalized spacial score (nSPS) is 10.8. The molecule has 15 nitrogen and oxygen atoms in total. The first-order valence-corrected chi connectivity index (χ1v) is 22.4. The Labute approximate surface area is 370 Å². The Bertz CT molecular complexity index is 2370. The number of H-pyrrole nitrogens is 1. The fourth-order valence-corrected chi connectivity index (χ4v) is 8.41. The van der Waals surface area contributed by atoms with E-state index in [-0.39, 0.29) is 12.8 Å². The van der Waals surface area contributed by atoms with Crippen LogP contribution in [0.5, 0.6) is 11.5 Å². The highest BCUT2D eigenvalue weighted by Gasteiger charge is 2.17. The number of aryl methyl sites for hydroxylation is 2. The van der Waals surface area contributed by atoms with E-state index in [1.165, 1.54) is 46.2 Å². The van der Waals surface area contributed by atoms with Crippen LogP contribution in [-0.4, -0.2) is 61.8 Å². The Morgan fingerprint density at radius 2 is 1.15 bits per heavy atom. The lowest BCUT2D eigenvalue weighted by atomic mass is 10.2. The molecule has 0 aliphatic rings. The fraction of sp³-hybridized carbons (Fsp3) is 0.286. The molecule has 4 amide bonds. The second-order valence-corrected chi connectivity index (χ2v) is 18.9. The summed E-state index contributed by atoms with van der Waals surface area (Å²) in [7, 11) is 0. The minimum atomic E-state index is -0.437. The molecule has 19 heteroatoms. The van der Waals surface area contributed by atoms with Crippen LogP contribution in [0.2, 0.25) is 0 Å². The van der Waals surface area contributed by atoms with Crippen molar-refractivity contribution in [2.24, 2.45) is 11.8 Å². The molecule has 0 bridgehead atoms. The predicted octanol–water partition coefficient (Wildman–Crippen LogP) is 9.33. The minimum Gasteiger partial charge on any atom is -0.491 e. The highest BCUT2D eigenvalue weighted by Crippen LogP contribution is 2.34. The molecule has 0 radical (unpaired) electrons. The van der Waals surface area contributed by atoms with Crippen LogP contribution in [0.1, 0.15) is 51.7 Å². The van der Waals surface area contributed by atoms with Gasteiger partial charge in [0, 0.05) is 18.6 Å². The number of carbonyl (C=O) groups excluding carboxylic acids is 4. The largest absolute Gasteiger partial charge is 0.491 e. The maximum atomic E-state index is 12.4. The Kier molecular flexibility index (Phi) is 17.7. The summed E-state index contributed by atoms with van der Waals surface area (Å²) in [5, 5.41) is 13.3. The van der Waals surface area contributed by atoms with Gasteiger partial charge in [0.05, 0.1) is 45.4 Å². The van der Waals surface area contributed by atoms with Gasteiger partial charge in [0.15, 0.2) is 15.4 Å². The van der Waals surface area contributed by atoms with E-state index in [4.69, 9.17) is 9.47 Å². The smallest absolute Gasteiger partial charge is 0.235 e. The number of pyridine rings is 1. The van der Waals surface area contributed by atoms with Crippen LogP contribution in [0.15, 0.2) is 104 Å². The van der Waals surface area contributed by atoms with Crippen LogP contribution in [0.25, 0.3) is 0 Å². The summed E-state index contributed by atoms with van der Waals surface area (Å²) in [5.74, 6) is 0.187. The zero-order chi connectivity index (χ0) is 43.7. The Balaban J connectivity index is 0.000000231. The van der Waals surface area contributed by atoms with E-state index in [1.807, 2.05) is 56.3 Å². The Morgan fingerprint density at radius 3 is 1.61 bits per heavy atom. The van der Waals surface area contributed by atoms with Gasteiger partial charge in [0.2, 0.25) is 23.6 Å². The molecule has 0 fully saturated rings. The van der Waals surface area contributed by atoms with Crippen molar-refractivity contribution >= 4 is 91.5 Å². The van der Waals surface area contributed by atoms with Crippen LogP contribution in [-0.2, 0) is 19.2 Å². The van der Waals surface area contributed by atoms with E-state index >= 15 is 0 Å². The maximum Gasteiger partial charge on any atom is 0.235 e. The van der Waals surface area contributed by atoms with Gasteiger partial charge in [-0.15, -0.1) is 0 Å². The lowest BCUT2D eigenvalue weighted by molar-refractivity contribution is -0.125. The standard InChI is InChI=1S/C22H24N4O3S2.C20H23N5O3S2/c1-14(2)13-29-17-10-15(3)7-8-16(17)25-18(27)11-19(28)26-22-24-12-21(31-22)30-20-6-4-5-9-23-20;1-12(2)11-28-15-8-13(3)4-5-14(15)24-16(26)9-17(27)25-20-23-10-18(30-20)29-19-21-6-7-22-19/h4-10,12,14H,11,13H2,1-3H3,(H,25,27)(H,24,26,28);4-8,10,12H,9,11H2,1-3H3,(H,21,22)(H,24,26)(H,23,25,27). The highest BCUT2D eigenvalue weighted by atomic mass is 32.2. The lowest BCUT2D eigenvalue weighted by Crippen LogP contribution is -2.21. The molecule has 0 unspecified atom stereocenters. The number of aromatic nitrogens is 5. The number of ether oxygens (including phenoxy) is 2. The molecule has 61 heavy (non-hydrogen) atoms. The van der Waals surface area contributed by atoms with Gasteiger partial charge in [0.25, 0.3) is 0 Å². The lowest BCUT2D eigenvalue weighted by Gasteiger charge is -2.14. The van der Waals surface area contributed by atoms with Crippen molar-refractivity contribution < 1.29 is 28.7 Å². The number of rotatable bonds is 18. The summed E-state index contributed by atoms with van der Waals surface area (Å²) in [6.07, 6.45) is 7.80. The summed E-state index contributed by atoms with van der Waals surface area (Å²) in [6, 6.07) is 16.7. The summed E-state index contributed by atoms with van der Waals surface area (Å²) in [6.45, 7) is 13.2. The third-order valence-electron chi connectivity index (χ3n) is 7.58. The van der Waals surface area contributed by atoms with Gasteiger partial charge in [-0.2, -0.15) is 0 Å². The number of nitrogens with zero attached hydrogens (tertiary/aromatic N) is 4. The number of benzene rings is 2. The first kappa shape index (κ1) is 46.3. The Morgan fingerprint density at radius 1 is 0.639 bits per heavy atom. The van der Waals surface area contributed by atoms with E-state index in [1.54, 1.807) is 43.1 Å². The van der Waals surface area contributed by atoms with Crippen molar-refractivity contribution in [3.05, 3.63) is 96.7 Å². The number of hydrogen-bond donors (Lipinski definition) is 5. The van der Waals surface area contributed by atoms with Crippen molar-refractivity contribution in [2.75, 3.05) is 34.5 Å². The molecule has 6 aromatic rings. The van der Waals surface area contributed by atoms with Gasteiger partial charge in [-0.3, -0.25) is 19.2 Å². The second-order valence-electron chi connectivity index (χ2n) is 14.2. The first-order chi connectivity index (χ1) is 29.3. The first-order valence-electron chi connectivity index (χ1n) is 19.1. The topological polar surface area (TPSA) is 202 Å². The number of imidazole rings is 1. The molecule has 0 spiro atoms. The zero-order valence-corrected chi connectivity index (χ0v) is 37.7. The number of anilines is 4. The molecule has 0 aliphatic carbocycles. The average Bonchev–Trinajstić information content (AvgIpc) is 3.99. The second kappa shape index (κ2) is 23.3. The molecular formula is C42H47N9O6S4. The van der Waals surface area contributed by atoms with Crippen molar-refractivity contribution in [1.82, 2.24) is 24.9 Å². The van der Waals surface area contributed by atoms with Gasteiger partial charge in [-0.05, 0) is 85.0 Å². The summed E-state index contributed by atoms with van der Waals surface area (Å²) < 4.78 is 13.4. The van der Waals surface area contributed by atoms with E-state index in [0.717, 1.165) is 29.7 Å². The number of carbonyl (C=O) groups is 4. The van der Waals surface area contributed by atoms with Gasteiger partial charge in [-0.25, -0.2) is 19.9 Å². The van der Waals surface area contributed by atoms with Gasteiger partial charge >= 0.3 is 0 Å². The molecule has 4 heterocycles. The average molecular weight is 902 g/mol. The monoisotopic (exact) mass is 901 g/mol. The molecule has 6 rings (SSSR count). The number of hydrogen-bond acceptors (Lipinski definition) is 14. The molecule has 4 aromatic heterocycles. The highest BCUT2D eigenvalue weighted by molar-refractivity contribution is 8.01. The number of thiazole rings is 2. The summed E-state index contributed by atoms with van der Waals surface area (Å²) in [5.41, 5.74) is 3.15. The molecule has 0 saturated carbocycles. The minimum absolute atomic E-state index is 0.320. The molecule has 0 aliphatic heterocycles. The van der Waals surface area contributed by atoms with Crippen LogP contribution in [0.4, 0.5) is 21.6 Å². The third-order valence-corrected chi connectivity index (χ3v) is 11.5. The maximum absolute atomic E-state index is 12.4. The van der Waals surface area contributed by atoms with E-state index in [9.17, 15) is 19.2 Å². The Hall–Kier alpha value is -5.76. The fourth-order valence-electron chi connectivity index (χ4n) is 4.87. The van der Waals surface area contributed by atoms with Crippen LogP contribution in [0.3, 0.4) is 0 Å². The van der Waals surface area contributed by atoms with Crippen molar-refractivity contribution in [3.63, 3.8) is 0 Å². The van der Waals surface area contributed by atoms with Crippen molar-refractivity contribution in [3.8, 4) is 11.5 Å². The van der Waals surface area contributed by atoms with E-state index in [0.29, 0.717) is 58.2 Å². The van der Waals surface area contributed by atoms with E-state index < -0.39 is 23.6 Å². The quantitative estimate of drug-likeness (QED) is 0.0513. The third kappa shape index (κ3) is 16.3. The predicted molar refractivity (Wildman–Crippen MR) is 242 cm³/mol. The van der Waals surface area contributed by atoms with Gasteiger partial charge in [-0.1, -0.05) is 80.3 Å². The molecular weight excluding hydrogens is 855 g/mol. The summed E-state index contributed by atoms with van der Waals surface area (Å²) >= 11 is 5.51. The number of aromatic amines is 1. The molecule has 320 valence electrons. The van der Waals surface area contributed by atoms with Crippen molar-refractivity contribution in [2.45, 2.75) is 73.0 Å². The van der Waals surface area contributed by atoms with Crippen LogP contribution >= 0.6 is 46.2 Å². The van der Waals surface area contributed by atoms with E-state index in [2.05, 4.69) is 73.9 Å².